The third kappa shape index (κ3) is 5.11. The van der Waals surface area contributed by atoms with Crippen molar-refractivity contribution in [2.24, 2.45) is 5.10 Å². The lowest BCUT2D eigenvalue weighted by Crippen LogP contribution is -2.45. The smallest absolute Gasteiger partial charge is 0.277 e. The van der Waals surface area contributed by atoms with Crippen LogP contribution in [0.15, 0.2) is 46.0 Å². The molecule has 29 heavy (non-hydrogen) atoms. The minimum absolute atomic E-state index is 0.0771. The summed E-state index contributed by atoms with van der Waals surface area (Å²) in [5.74, 6) is 0.677. The Morgan fingerprint density at radius 2 is 2.17 bits per heavy atom. The van der Waals surface area contributed by atoms with Crippen LogP contribution >= 0.6 is 27.5 Å². The second kappa shape index (κ2) is 8.76. The number of nitrogens with one attached hydrogen (secondary N) is 1. The van der Waals surface area contributed by atoms with E-state index in [0.717, 1.165) is 22.1 Å². The zero-order valence-electron chi connectivity index (χ0n) is 17.0. The molecular formula is C22H25BrClN3O2. The van der Waals surface area contributed by atoms with Crippen LogP contribution in [0.3, 0.4) is 0 Å². The second-order valence-electron chi connectivity index (χ2n) is 7.95. The number of ether oxygens (including phenoxy) is 1. The molecule has 2 aromatic carbocycles. The summed E-state index contributed by atoms with van der Waals surface area (Å²) in [4.78, 5) is 14.2. The molecule has 2 aromatic rings. The molecule has 3 rings (SSSR count). The molecule has 1 heterocycles. The topological polar surface area (TPSA) is 53.9 Å². The maximum atomic E-state index is 12.0. The number of fused-ring (bicyclic) bond motifs is 1. The first-order chi connectivity index (χ1) is 13.7. The average Bonchev–Trinajstić information content (AvgIpc) is 2.65. The van der Waals surface area contributed by atoms with E-state index in [-0.39, 0.29) is 18.1 Å². The Morgan fingerprint density at radius 1 is 1.41 bits per heavy atom. The van der Waals surface area contributed by atoms with E-state index in [2.05, 4.69) is 65.2 Å². The summed E-state index contributed by atoms with van der Waals surface area (Å²) in [6.45, 7) is 6.58. The summed E-state index contributed by atoms with van der Waals surface area (Å²) in [5.41, 5.74) is 5.71. The summed E-state index contributed by atoms with van der Waals surface area (Å²) >= 11 is 9.84. The first-order valence-corrected chi connectivity index (χ1v) is 10.6. The highest BCUT2D eigenvalue weighted by Gasteiger charge is 2.34. The zero-order chi connectivity index (χ0) is 21.2. The molecule has 0 saturated carbocycles. The molecule has 1 N–H and O–H groups in total. The van der Waals surface area contributed by atoms with Gasteiger partial charge in [-0.25, -0.2) is 5.43 Å². The molecule has 0 radical (unpaired) electrons. The molecule has 0 aliphatic carbocycles. The Balaban J connectivity index is 1.65. The molecule has 0 aromatic heterocycles. The van der Waals surface area contributed by atoms with Crippen LogP contribution in [0.1, 0.15) is 44.2 Å². The maximum Gasteiger partial charge on any atom is 0.277 e. The van der Waals surface area contributed by atoms with Gasteiger partial charge in [0, 0.05) is 28.3 Å². The van der Waals surface area contributed by atoms with Gasteiger partial charge in [-0.15, -0.1) is 0 Å². The highest BCUT2D eigenvalue weighted by atomic mass is 79.9. The third-order valence-electron chi connectivity index (χ3n) is 5.31. The molecule has 5 nitrogen and oxygen atoms in total. The van der Waals surface area contributed by atoms with Gasteiger partial charge in [0.15, 0.2) is 6.61 Å². The van der Waals surface area contributed by atoms with Crippen molar-refractivity contribution in [3.05, 3.63) is 57.0 Å². The number of carbonyl (C=O) groups excluding carboxylic acids is 1. The molecule has 0 fully saturated rings. The van der Waals surface area contributed by atoms with Crippen LogP contribution in [0, 0.1) is 0 Å². The molecule has 7 heteroatoms. The summed E-state index contributed by atoms with van der Waals surface area (Å²) in [6.07, 6.45) is 2.63. The molecule has 1 aliphatic heterocycles. The van der Waals surface area contributed by atoms with Gasteiger partial charge in [-0.2, -0.15) is 5.10 Å². The number of benzene rings is 2. The number of amides is 1. The van der Waals surface area contributed by atoms with Gasteiger partial charge in [0.2, 0.25) is 0 Å². The Morgan fingerprint density at radius 3 is 2.90 bits per heavy atom. The minimum Gasteiger partial charge on any atom is -0.484 e. The first-order valence-electron chi connectivity index (χ1n) is 9.45. The standard InChI is InChI=1S/C22H25BrClN3O2/c1-14-11-22(2,3)27(4)20-10-19(24)15(8-18(14)20)12-25-26-21(28)13-29-17-7-5-6-16(23)9-17/h5-10,12,14H,11,13H2,1-4H3,(H,26,28)/b25-12+/t14-/m0/s1. The van der Waals surface area contributed by atoms with Gasteiger partial charge in [-0.3, -0.25) is 4.79 Å². The summed E-state index contributed by atoms with van der Waals surface area (Å²) in [6, 6.07) is 11.3. The molecule has 1 aliphatic rings. The van der Waals surface area contributed by atoms with Crippen molar-refractivity contribution in [2.45, 2.75) is 38.6 Å². The van der Waals surface area contributed by atoms with Crippen molar-refractivity contribution in [3.8, 4) is 5.75 Å². The number of hydrogen-bond donors (Lipinski definition) is 1. The molecule has 0 saturated heterocycles. The predicted molar refractivity (Wildman–Crippen MR) is 122 cm³/mol. The van der Waals surface area contributed by atoms with Crippen LogP contribution in [0.25, 0.3) is 0 Å². The first kappa shape index (κ1) is 21.7. The number of nitrogens with zero attached hydrogens (tertiary/aromatic N) is 2. The Kier molecular flexibility index (Phi) is 6.54. The zero-order valence-corrected chi connectivity index (χ0v) is 19.3. The predicted octanol–water partition coefficient (Wildman–Crippen LogP) is 5.35. The van der Waals surface area contributed by atoms with E-state index in [1.807, 2.05) is 18.2 Å². The fraction of sp³-hybridized carbons (Fsp3) is 0.364. The lowest BCUT2D eigenvalue weighted by atomic mass is 9.80. The van der Waals surface area contributed by atoms with Gasteiger partial charge in [-0.05, 0) is 62.1 Å². The number of hydrazone groups is 1. The van der Waals surface area contributed by atoms with Crippen LogP contribution in [-0.2, 0) is 4.79 Å². The van der Waals surface area contributed by atoms with Crippen LogP contribution in [0.2, 0.25) is 5.02 Å². The van der Waals surface area contributed by atoms with Gasteiger partial charge in [0.25, 0.3) is 5.91 Å². The summed E-state index contributed by atoms with van der Waals surface area (Å²) in [5, 5.41) is 4.64. The van der Waals surface area contributed by atoms with E-state index in [1.165, 1.54) is 5.56 Å². The maximum absolute atomic E-state index is 12.0. The van der Waals surface area contributed by atoms with Crippen LogP contribution in [0.5, 0.6) is 5.75 Å². The van der Waals surface area contributed by atoms with E-state index < -0.39 is 0 Å². The van der Waals surface area contributed by atoms with E-state index in [1.54, 1.807) is 18.3 Å². The van der Waals surface area contributed by atoms with E-state index in [4.69, 9.17) is 16.3 Å². The summed E-state index contributed by atoms with van der Waals surface area (Å²) in [7, 11) is 2.10. The van der Waals surface area contributed by atoms with Crippen molar-refractivity contribution in [2.75, 3.05) is 18.6 Å². The number of halogens is 2. The molecular weight excluding hydrogens is 454 g/mol. The van der Waals surface area contributed by atoms with Gasteiger partial charge in [0.1, 0.15) is 5.75 Å². The molecule has 1 atom stereocenters. The lowest BCUT2D eigenvalue weighted by molar-refractivity contribution is -0.123. The Bertz CT molecular complexity index is 946. The largest absolute Gasteiger partial charge is 0.484 e. The van der Waals surface area contributed by atoms with Gasteiger partial charge < -0.3 is 9.64 Å². The number of carbonyl (C=O) groups is 1. The molecule has 0 spiro atoms. The monoisotopic (exact) mass is 477 g/mol. The van der Waals surface area contributed by atoms with E-state index >= 15 is 0 Å². The highest BCUT2D eigenvalue weighted by Crippen LogP contribution is 2.44. The second-order valence-corrected chi connectivity index (χ2v) is 9.27. The van der Waals surface area contributed by atoms with E-state index in [0.29, 0.717) is 16.7 Å². The van der Waals surface area contributed by atoms with Crippen molar-refractivity contribution >= 4 is 45.3 Å². The molecule has 154 valence electrons. The Labute approximate surface area is 185 Å². The van der Waals surface area contributed by atoms with Crippen molar-refractivity contribution < 1.29 is 9.53 Å². The molecule has 0 bridgehead atoms. The van der Waals surface area contributed by atoms with E-state index in [9.17, 15) is 4.79 Å². The third-order valence-corrected chi connectivity index (χ3v) is 6.13. The quantitative estimate of drug-likeness (QED) is 0.465. The van der Waals surface area contributed by atoms with Gasteiger partial charge >= 0.3 is 0 Å². The highest BCUT2D eigenvalue weighted by molar-refractivity contribution is 9.10. The van der Waals surface area contributed by atoms with Crippen molar-refractivity contribution in [1.82, 2.24) is 5.43 Å². The molecule has 0 unspecified atom stereocenters. The van der Waals surface area contributed by atoms with Gasteiger partial charge in [0.05, 0.1) is 11.2 Å². The lowest BCUT2D eigenvalue weighted by Gasteiger charge is -2.45. The normalized spacial score (nSPS) is 17.9. The van der Waals surface area contributed by atoms with Crippen molar-refractivity contribution in [3.63, 3.8) is 0 Å². The SMILES string of the molecule is C[C@H]1CC(C)(C)N(C)c2cc(Cl)c(/C=N/NC(=O)COc3cccc(Br)c3)cc21. The van der Waals surface area contributed by atoms with Crippen LogP contribution < -0.4 is 15.1 Å². The van der Waals surface area contributed by atoms with Crippen LogP contribution in [0.4, 0.5) is 5.69 Å². The summed E-state index contributed by atoms with van der Waals surface area (Å²) < 4.78 is 6.34. The fourth-order valence-electron chi connectivity index (χ4n) is 3.62. The van der Waals surface area contributed by atoms with Gasteiger partial charge in [-0.1, -0.05) is 40.5 Å². The fourth-order valence-corrected chi connectivity index (χ4v) is 4.20. The van der Waals surface area contributed by atoms with Crippen LogP contribution in [-0.4, -0.2) is 31.3 Å². The minimum atomic E-state index is -0.342. The number of anilines is 1. The number of hydrogen-bond acceptors (Lipinski definition) is 4. The number of rotatable bonds is 5. The van der Waals surface area contributed by atoms with Crippen molar-refractivity contribution in [1.29, 1.82) is 0 Å². The Hall–Kier alpha value is -2.05. The average molecular weight is 479 g/mol. The molecule has 1 amide bonds.